The van der Waals surface area contributed by atoms with Gasteiger partial charge in [-0.3, -0.25) is 0 Å². The molecule has 7 nitrogen and oxygen atoms in total. The standard InChI is InChI=1S/C23H27N5O2S2/c1-15(2)16-9-11-18(12-10-16)32(29,30)23-22-25-21(24-17-7-5-3-4-6-8-17)20-19(13-14-31-20)28(22)27-26-23/h9-15,17H,3-8H2,1-2H3,(H,24,25). The molecule has 32 heavy (non-hydrogen) atoms. The molecule has 0 amide bonds. The number of aromatic nitrogens is 4. The predicted molar refractivity (Wildman–Crippen MR) is 127 cm³/mol. The van der Waals surface area contributed by atoms with Crippen molar-refractivity contribution in [3.63, 3.8) is 0 Å². The van der Waals surface area contributed by atoms with Crippen molar-refractivity contribution in [1.29, 1.82) is 0 Å². The van der Waals surface area contributed by atoms with E-state index in [0.717, 1.165) is 34.4 Å². The molecular formula is C23H27N5O2S2. The molecule has 1 aliphatic carbocycles. The number of sulfone groups is 1. The smallest absolute Gasteiger partial charge is 0.229 e. The quantitative estimate of drug-likeness (QED) is 0.392. The summed E-state index contributed by atoms with van der Waals surface area (Å²) in [5.41, 5.74) is 2.17. The minimum atomic E-state index is -3.85. The van der Waals surface area contributed by atoms with Crippen LogP contribution in [0.3, 0.4) is 0 Å². The van der Waals surface area contributed by atoms with E-state index >= 15 is 0 Å². The lowest BCUT2D eigenvalue weighted by atomic mass is 10.0. The van der Waals surface area contributed by atoms with Crippen molar-refractivity contribution in [2.24, 2.45) is 0 Å². The summed E-state index contributed by atoms with van der Waals surface area (Å²) in [5, 5.41) is 13.7. The lowest BCUT2D eigenvalue weighted by Gasteiger charge is -2.17. The van der Waals surface area contributed by atoms with Crippen molar-refractivity contribution in [1.82, 2.24) is 19.8 Å². The Hall–Kier alpha value is -2.52. The second-order valence-electron chi connectivity index (χ2n) is 8.79. The van der Waals surface area contributed by atoms with Gasteiger partial charge in [0.15, 0.2) is 5.65 Å². The van der Waals surface area contributed by atoms with E-state index in [0.29, 0.717) is 12.0 Å². The molecule has 9 heteroatoms. The molecule has 1 aliphatic rings. The van der Waals surface area contributed by atoms with Gasteiger partial charge in [-0.15, -0.1) is 16.4 Å². The van der Waals surface area contributed by atoms with Crippen molar-refractivity contribution in [2.75, 3.05) is 5.32 Å². The number of rotatable bonds is 5. The van der Waals surface area contributed by atoms with Gasteiger partial charge >= 0.3 is 0 Å². The largest absolute Gasteiger partial charge is 0.366 e. The highest BCUT2D eigenvalue weighted by atomic mass is 32.2. The minimum Gasteiger partial charge on any atom is -0.366 e. The molecule has 1 fully saturated rings. The van der Waals surface area contributed by atoms with Gasteiger partial charge in [-0.25, -0.2) is 13.4 Å². The molecule has 168 valence electrons. The number of anilines is 1. The van der Waals surface area contributed by atoms with Crippen LogP contribution in [0.15, 0.2) is 45.6 Å². The third-order valence-corrected chi connectivity index (χ3v) is 8.81. The summed E-state index contributed by atoms with van der Waals surface area (Å²) < 4.78 is 29.4. The normalized spacial score (nSPS) is 16.1. The van der Waals surface area contributed by atoms with Crippen LogP contribution in [0, 0.1) is 0 Å². The van der Waals surface area contributed by atoms with Crippen LogP contribution in [0.5, 0.6) is 0 Å². The number of hydrogen-bond acceptors (Lipinski definition) is 7. The Labute approximate surface area is 191 Å². The molecule has 0 atom stereocenters. The predicted octanol–water partition coefficient (Wildman–Crippen LogP) is 5.43. The molecule has 0 bridgehead atoms. The zero-order chi connectivity index (χ0) is 22.3. The first-order valence-electron chi connectivity index (χ1n) is 11.2. The van der Waals surface area contributed by atoms with Crippen molar-refractivity contribution >= 4 is 42.9 Å². The summed E-state index contributed by atoms with van der Waals surface area (Å²) in [6.07, 6.45) is 7.14. The maximum Gasteiger partial charge on any atom is 0.229 e. The third-order valence-electron chi connectivity index (χ3n) is 6.23. The highest BCUT2D eigenvalue weighted by molar-refractivity contribution is 7.91. The van der Waals surface area contributed by atoms with Gasteiger partial charge in [-0.05, 0) is 47.9 Å². The zero-order valence-electron chi connectivity index (χ0n) is 18.3. The monoisotopic (exact) mass is 469 g/mol. The number of nitrogens with one attached hydrogen (secondary N) is 1. The van der Waals surface area contributed by atoms with E-state index in [1.54, 1.807) is 28.0 Å². The van der Waals surface area contributed by atoms with Crippen molar-refractivity contribution in [3.8, 4) is 0 Å². The van der Waals surface area contributed by atoms with Crippen LogP contribution in [0.1, 0.15) is 63.9 Å². The van der Waals surface area contributed by atoms with E-state index in [1.807, 2.05) is 23.6 Å². The molecule has 3 heterocycles. The fourth-order valence-corrected chi connectivity index (χ4v) is 6.41. The Bertz CT molecular complexity index is 1350. The van der Waals surface area contributed by atoms with E-state index in [4.69, 9.17) is 4.98 Å². The Balaban J connectivity index is 1.60. The highest BCUT2D eigenvalue weighted by Crippen LogP contribution is 2.33. The molecule has 1 saturated carbocycles. The molecule has 4 aromatic rings. The molecule has 5 rings (SSSR count). The molecule has 3 aromatic heterocycles. The van der Waals surface area contributed by atoms with Crippen molar-refractivity contribution < 1.29 is 8.42 Å². The number of nitrogens with zero attached hydrogens (tertiary/aromatic N) is 4. The van der Waals surface area contributed by atoms with Crippen LogP contribution in [-0.2, 0) is 9.84 Å². The lowest BCUT2D eigenvalue weighted by Crippen LogP contribution is -2.19. The fraction of sp³-hybridized carbons (Fsp3) is 0.435. The minimum absolute atomic E-state index is 0.105. The summed E-state index contributed by atoms with van der Waals surface area (Å²) in [7, 11) is -3.85. The Morgan fingerprint density at radius 2 is 1.78 bits per heavy atom. The molecule has 0 aliphatic heterocycles. The van der Waals surface area contributed by atoms with Gasteiger partial charge in [0, 0.05) is 6.04 Å². The maximum atomic E-state index is 13.4. The average molecular weight is 470 g/mol. The summed E-state index contributed by atoms with van der Waals surface area (Å²) in [5.74, 6) is 1.05. The van der Waals surface area contributed by atoms with Crippen LogP contribution in [0.4, 0.5) is 5.82 Å². The maximum absolute atomic E-state index is 13.4. The SMILES string of the molecule is CC(C)c1ccc(S(=O)(=O)c2nnn3c2nc(NC2CCCCCC2)c2sccc23)cc1. The number of thiophene rings is 1. The summed E-state index contributed by atoms with van der Waals surface area (Å²) >= 11 is 1.58. The van der Waals surface area contributed by atoms with E-state index in [1.165, 1.54) is 25.7 Å². The van der Waals surface area contributed by atoms with E-state index < -0.39 is 9.84 Å². The van der Waals surface area contributed by atoms with E-state index in [9.17, 15) is 8.42 Å². The molecule has 1 N–H and O–H groups in total. The summed E-state index contributed by atoms with van der Waals surface area (Å²) in [6.45, 7) is 4.16. The van der Waals surface area contributed by atoms with E-state index in [2.05, 4.69) is 29.5 Å². The Morgan fingerprint density at radius 3 is 2.47 bits per heavy atom. The lowest BCUT2D eigenvalue weighted by molar-refractivity contribution is 0.592. The first kappa shape index (κ1) is 21.3. The van der Waals surface area contributed by atoms with Gasteiger partial charge in [-0.2, -0.15) is 4.52 Å². The van der Waals surface area contributed by atoms with Crippen LogP contribution in [0.2, 0.25) is 0 Å². The first-order valence-corrected chi connectivity index (χ1v) is 13.6. The molecule has 0 unspecified atom stereocenters. The van der Waals surface area contributed by atoms with E-state index in [-0.39, 0.29) is 15.6 Å². The summed E-state index contributed by atoms with van der Waals surface area (Å²) in [6, 6.07) is 9.28. The molecule has 1 aromatic carbocycles. The van der Waals surface area contributed by atoms with Crippen molar-refractivity contribution in [3.05, 3.63) is 41.3 Å². The first-order chi connectivity index (χ1) is 15.4. The van der Waals surface area contributed by atoms with Crippen LogP contribution in [0.25, 0.3) is 15.9 Å². The third kappa shape index (κ3) is 3.77. The topological polar surface area (TPSA) is 89.2 Å². The van der Waals surface area contributed by atoms with Crippen LogP contribution in [-0.4, -0.2) is 34.3 Å². The number of hydrogen-bond donors (Lipinski definition) is 1. The van der Waals surface area contributed by atoms with Crippen LogP contribution < -0.4 is 5.32 Å². The van der Waals surface area contributed by atoms with Crippen molar-refractivity contribution in [2.45, 2.75) is 74.3 Å². The Morgan fingerprint density at radius 1 is 1.06 bits per heavy atom. The van der Waals surface area contributed by atoms with Crippen LogP contribution >= 0.6 is 11.3 Å². The molecule has 0 saturated heterocycles. The second kappa shape index (κ2) is 8.44. The molecule has 0 radical (unpaired) electrons. The van der Waals surface area contributed by atoms with Gasteiger partial charge in [0.2, 0.25) is 14.9 Å². The number of benzene rings is 1. The van der Waals surface area contributed by atoms with Gasteiger partial charge < -0.3 is 5.32 Å². The molecular weight excluding hydrogens is 442 g/mol. The van der Waals surface area contributed by atoms with Gasteiger partial charge in [0.25, 0.3) is 0 Å². The molecule has 0 spiro atoms. The zero-order valence-corrected chi connectivity index (χ0v) is 19.9. The van der Waals surface area contributed by atoms with Gasteiger partial charge in [0.1, 0.15) is 5.82 Å². The van der Waals surface area contributed by atoms with Gasteiger partial charge in [0.05, 0.1) is 15.1 Å². The second-order valence-corrected chi connectivity index (χ2v) is 11.6. The highest BCUT2D eigenvalue weighted by Gasteiger charge is 2.28. The Kier molecular flexibility index (Phi) is 5.63. The summed E-state index contributed by atoms with van der Waals surface area (Å²) in [4.78, 5) is 4.96. The average Bonchev–Trinajstić information content (AvgIpc) is 3.36. The number of fused-ring (bicyclic) bond motifs is 3. The van der Waals surface area contributed by atoms with Gasteiger partial charge in [-0.1, -0.05) is 56.9 Å². The fourth-order valence-electron chi connectivity index (χ4n) is 4.36.